The van der Waals surface area contributed by atoms with E-state index in [4.69, 9.17) is 4.74 Å². The minimum absolute atomic E-state index is 0.189. The van der Waals surface area contributed by atoms with Crippen LogP contribution in [0.5, 0.6) is 0 Å². The van der Waals surface area contributed by atoms with Gasteiger partial charge in [-0.05, 0) is 33.8 Å². The van der Waals surface area contributed by atoms with E-state index in [1.54, 1.807) is 0 Å². The third-order valence-corrected chi connectivity index (χ3v) is 3.18. The summed E-state index contributed by atoms with van der Waals surface area (Å²) in [6.45, 7) is 9.63. The van der Waals surface area contributed by atoms with Gasteiger partial charge >= 0.3 is 0 Å². The molecule has 2 atom stereocenters. The van der Waals surface area contributed by atoms with Crippen LogP contribution < -0.4 is 4.90 Å². The van der Waals surface area contributed by atoms with Gasteiger partial charge < -0.3 is 9.64 Å². The Morgan fingerprint density at radius 1 is 1.33 bits per heavy atom. The zero-order valence-electron chi connectivity index (χ0n) is 11.4. The van der Waals surface area contributed by atoms with Crippen LogP contribution >= 0.6 is 0 Å². The number of ether oxygens (including phenoxy) is 1. The molecule has 1 saturated heterocycles. The second-order valence-electron chi connectivity index (χ2n) is 5.02. The number of hydrogen-bond acceptors (Lipinski definition) is 4. The second-order valence-corrected chi connectivity index (χ2v) is 5.02. The molecule has 0 aliphatic carbocycles. The van der Waals surface area contributed by atoms with Gasteiger partial charge in [-0.15, -0.1) is 0 Å². The topological polar surface area (TPSA) is 49.1 Å². The van der Waals surface area contributed by atoms with Crippen molar-refractivity contribution in [3.05, 3.63) is 23.0 Å². The predicted octanol–water partition coefficient (Wildman–Crippen LogP) is 2.18. The molecule has 0 radical (unpaired) electrons. The molecule has 1 aromatic heterocycles. The van der Waals surface area contributed by atoms with Crippen molar-refractivity contribution in [2.75, 3.05) is 18.0 Å². The third-order valence-electron chi connectivity index (χ3n) is 3.18. The van der Waals surface area contributed by atoms with E-state index in [1.165, 1.54) is 0 Å². The van der Waals surface area contributed by atoms with Crippen LogP contribution in [0.2, 0.25) is 0 Å². The van der Waals surface area contributed by atoms with Crippen molar-refractivity contribution in [3.63, 3.8) is 0 Å². The highest BCUT2D eigenvalue weighted by atomic mass is 16.5. The highest BCUT2D eigenvalue weighted by molar-refractivity contribution is 5.62. The molecule has 2 rings (SSSR count). The van der Waals surface area contributed by atoms with Crippen molar-refractivity contribution < 1.29 is 4.74 Å². The van der Waals surface area contributed by atoms with Gasteiger partial charge in [0.25, 0.3) is 0 Å². The molecule has 1 aliphatic rings. The van der Waals surface area contributed by atoms with E-state index >= 15 is 0 Å². The van der Waals surface area contributed by atoms with Gasteiger partial charge in [0, 0.05) is 18.8 Å². The molecular formula is C14H19N3O. The first kappa shape index (κ1) is 12.8. The van der Waals surface area contributed by atoms with Gasteiger partial charge in [-0.1, -0.05) is 0 Å². The lowest BCUT2D eigenvalue weighted by Crippen LogP contribution is -2.45. The number of morpholine rings is 1. The number of anilines is 1. The van der Waals surface area contributed by atoms with Crippen molar-refractivity contribution in [2.45, 2.75) is 39.9 Å². The first-order chi connectivity index (χ1) is 8.51. The Hall–Kier alpha value is -1.60. The first-order valence-corrected chi connectivity index (χ1v) is 6.30. The molecule has 0 spiro atoms. The van der Waals surface area contributed by atoms with Crippen molar-refractivity contribution in [1.82, 2.24) is 4.98 Å². The molecule has 96 valence electrons. The third kappa shape index (κ3) is 2.46. The van der Waals surface area contributed by atoms with Gasteiger partial charge in [-0.2, -0.15) is 5.26 Å². The number of rotatable bonds is 1. The molecule has 0 aromatic carbocycles. The lowest BCUT2D eigenvalue weighted by atomic mass is 10.1. The van der Waals surface area contributed by atoms with Gasteiger partial charge in [-0.25, -0.2) is 0 Å². The van der Waals surface area contributed by atoms with Crippen molar-refractivity contribution in [1.29, 1.82) is 5.26 Å². The molecular weight excluding hydrogens is 226 g/mol. The van der Waals surface area contributed by atoms with E-state index in [0.717, 1.165) is 30.2 Å². The summed E-state index contributed by atoms with van der Waals surface area (Å²) >= 11 is 0. The minimum Gasteiger partial charge on any atom is -0.372 e. The lowest BCUT2D eigenvalue weighted by Gasteiger charge is -2.37. The maximum Gasteiger partial charge on any atom is 0.103 e. The standard InChI is InChI=1S/C14H19N3O/c1-9-5-14(13(6-15)12(4)16-9)17-7-10(2)18-11(3)8-17/h5,10-11H,7-8H2,1-4H3/t10-,11+. The predicted molar refractivity (Wildman–Crippen MR) is 70.6 cm³/mol. The van der Waals surface area contributed by atoms with E-state index < -0.39 is 0 Å². The molecule has 0 bridgehead atoms. The first-order valence-electron chi connectivity index (χ1n) is 6.30. The number of pyridine rings is 1. The largest absolute Gasteiger partial charge is 0.372 e. The van der Waals surface area contributed by atoms with Crippen molar-refractivity contribution >= 4 is 5.69 Å². The van der Waals surface area contributed by atoms with Crippen LogP contribution in [0.25, 0.3) is 0 Å². The van der Waals surface area contributed by atoms with E-state index in [-0.39, 0.29) is 12.2 Å². The smallest absolute Gasteiger partial charge is 0.103 e. The quantitative estimate of drug-likeness (QED) is 0.761. The molecule has 4 heteroatoms. The summed E-state index contributed by atoms with van der Waals surface area (Å²) in [5, 5.41) is 9.30. The number of nitriles is 1. The fourth-order valence-corrected chi connectivity index (χ4v) is 2.57. The maximum absolute atomic E-state index is 9.30. The van der Waals surface area contributed by atoms with E-state index in [0.29, 0.717) is 5.56 Å². The molecule has 1 fully saturated rings. The summed E-state index contributed by atoms with van der Waals surface area (Å²) in [6, 6.07) is 4.27. The van der Waals surface area contributed by atoms with Crippen LogP contribution in [0.4, 0.5) is 5.69 Å². The molecule has 18 heavy (non-hydrogen) atoms. The Balaban J connectivity index is 2.41. The minimum atomic E-state index is 0.189. The van der Waals surface area contributed by atoms with Gasteiger partial charge in [0.15, 0.2) is 0 Å². The average molecular weight is 245 g/mol. The highest BCUT2D eigenvalue weighted by Gasteiger charge is 2.25. The Labute approximate surface area is 108 Å². The number of nitrogens with zero attached hydrogens (tertiary/aromatic N) is 3. The summed E-state index contributed by atoms with van der Waals surface area (Å²) in [5.41, 5.74) is 3.43. The van der Waals surface area contributed by atoms with Gasteiger partial charge in [-0.3, -0.25) is 4.98 Å². The normalized spacial score (nSPS) is 23.8. The van der Waals surface area contributed by atoms with Gasteiger partial charge in [0.2, 0.25) is 0 Å². The summed E-state index contributed by atoms with van der Waals surface area (Å²) in [6.07, 6.45) is 0.378. The van der Waals surface area contributed by atoms with Crippen LogP contribution in [0, 0.1) is 25.2 Å². The zero-order chi connectivity index (χ0) is 13.3. The Kier molecular flexibility index (Phi) is 3.53. The maximum atomic E-state index is 9.30. The molecule has 1 aromatic rings. The Morgan fingerprint density at radius 3 is 2.50 bits per heavy atom. The Bertz CT molecular complexity index is 483. The molecule has 0 N–H and O–H groups in total. The van der Waals surface area contributed by atoms with Gasteiger partial charge in [0.05, 0.1) is 29.2 Å². The lowest BCUT2D eigenvalue weighted by molar-refractivity contribution is -0.00524. The van der Waals surface area contributed by atoms with Crippen LogP contribution in [0.3, 0.4) is 0 Å². The van der Waals surface area contributed by atoms with Crippen LogP contribution in [0.15, 0.2) is 6.07 Å². The van der Waals surface area contributed by atoms with E-state index in [9.17, 15) is 5.26 Å². The van der Waals surface area contributed by atoms with E-state index in [2.05, 4.69) is 29.8 Å². The average Bonchev–Trinajstić information content (AvgIpc) is 2.26. The summed E-state index contributed by atoms with van der Waals surface area (Å²) in [7, 11) is 0. The summed E-state index contributed by atoms with van der Waals surface area (Å²) in [4.78, 5) is 6.59. The van der Waals surface area contributed by atoms with Crippen LogP contribution in [0.1, 0.15) is 30.8 Å². The van der Waals surface area contributed by atoms with Crippen LogP contribution in [-0.2, 0) is 4.74 Å². The molecule has 0 amide bonds. The number of hydrogen-bond donors (Lipinski definition) is 0. The summed E-state index contributed by atoms with van der Waals surface area (Å²) < 4.78 is 5.73. The number of aromatic nitrogens is 1. The molecule has 0 unspecified atom stereocenters. The SMILES string of the molecule is Cc1cc(N2C[C@@H](C)O[C@@H](C)C2)c(C#N)c(C)n1. The second kappa shape index (κ2) is 4.95. The van der Waals surface area contributed by atoms with E-state index in [1.807, 2.05) is 19.9 Å². The monoisotopic (exact) mass is 245 g/mol. The van der Waals surface area contributed by atoms with Crippen LogP contribution in [-0.4, -0.2) is 30.3 Å². The van der Waals surface area contributed by atoms with Crippen molar-refractivity contribution in [3.8, 4) is 6.07 Å². The molecule has 0 saturated carbocycles. The molecule has 4 nitrogen and oxygen atoms in total. The molecule has 1 aliphatic heterocycles. The zero-order valence-corrected chi connectivity index (χ0v) is 11.4. The summed E-state index contributed by atoms with van der Waals surface area (Å²) in [5.74, 6) is 0. The fraction of sp³-hybridized carbons (Fsp3) is 0.571. The molecule has 2 heterocycles. The van der Waals surface area contributed by atoms with Gasteiger partial charge in [0.1, 0.15) is 6.07 Å². The van der Waals surface area contributed by atoms with Crippen molar-refractivity contribution in [2.24, 2.45) is 0 Å². The highest BCUT2D eigenvalue weighted by Crippen LogP contribution is 2.26. The fourth-order valence-electron chi connectivity index (χ4n) is 2.57. The number of aryl methyl sites for hydroxylation is 2. The Morgan fingerprint density at radius 2 is 1.94 bits per heavy atom.